The molecule has 1 aliphatic heterocycles. The van der Waals surface area contributed by atoms with Crippen LogP contribution in [0.25, 0.3) is 0 Å². The van der Waals surface area contributed by atoms with Gasteiger partial charge in [-0.15, -0.1) is 0 Å². The lowest BCUT2D eigenvalue weighted by Gasteiger charge is -2.38. The summed E-state index contributed by atoms with van der Waals surface area (Å²) in [5.41, 5.74) is 0.0906. The van der Waals surface area contributed by atoms with Gasteiger partial charge in [0.05, 0.1) is 6.10 Å². The van der Waals surface area contributed by atoms with Crippen molar-refractivity contribution in [1.29, 1.82) is 0 Å². The van der Waals surface area contributed by atoms with Gasteiger partial charge in [0.1, 0.15) is 6.10 Å². The third-order valence-corrected chi connectivity index (χ3v) is 3.68. The second-order valence-electron chi connectivity index (χ2n) is 4.23. The van der Waals surface area contributed by atoms with Crippen LogP contribution in [0.15, 0.2) is 0 Å². The second kappa shape index (κ2) is 2.98. The molecule has 1 N–H and O–H groups in total. The van der Waals surface area contributed by atoms with Crippen molar-refractivity contribution >= 4 is 5.97 Å². The van der Waals surface area contributed by atoms with Crippen molar-refractivity contribution in [3.05, 3.63) is 0 Å². The van der Waals surface area contributed by atoms with Crippen LogP contribution in [0.5, 0.6) is 0 Å². The lowest BCUT2D eigenvalue weighted by atomic mass is 9.75. The van der Waals surface area contributed by atoms with Gasteiger partial charge in [0.2, 0.25) is 0 Å². The highest BCUT2D eigenvalue weighted by molar-refractivity contribution is 5.70. The molecule has 0 aromatic rings. The summed E-state index contributed by atoms with van der Waals surface area (Å²) in [6, 6.07) is 0. The Hall–Kier alpha value is -0.570. The number of aliphatic hydroxyl groups excluding tert-OH is 1. The zero-order chi connectivity index (χ0) is 9.47. The van der Waals surface area contributed by atoms with Crippen LogP contribution in [0.4, 0.5) is 0 Å². The SMILES string of the molecule is CCC12CCC(=O)OC1C(O)CC2. The van der Waals surface area contributed by atoms with Gasteiger partial charge in [-0.3, -0.25) is 4.79 Å². The number of ether oxygens (including phenoxy) is 1. The van der Waals surface area contributed by atoms with Crippen LogP contribution in [0.2, 0.25) is 0 Å². The van der Waals surface area contributed by atoms with Crippen molar-refractivity contribution in [1.82, 2.24) is 0 Å². The van der Waals surface area contributed by atoms with Gasteiger partial charge in [-0.05, 0) is 25.7 Å². The van der Waals surface area contributed by atoms with Crippen LogP contribution in [0.3, 0.4) is 0 Å². The van der Waals surface area contributed by atoms with E-state index in [2.05, 4.69) is 6.92 Å². The molecule has 3 unspecified atom stereocenters. The van der Waals surface area contributed by atoms with Gasteiger partial charge in [0.25, 0.3) is 0 Å². The minimum absolute atomic E-state index is 0.0906. The second-order valence-corrected chi connectivity index (χ2v) is 4.23. The molecule has 1 saturated heterocycles. The highest BCUT2D eigenvalue weighted by Crippen LogP contribution is 2.49. The normalized spacial score (nSPS) is 44.3. The fraction of sp³-hybridized carbons (Fsp3) is 0.900. The number of hydrogen-bond acceptors (Lipinski definition) is 3. The highest BCUT2D eigenvalue weighted by Gasteiger charge is 2.51. The van der Waals surface area contributed by atoms with Crippen LogP contribution < -0.4 is 0 Å². The molecule has 13 heavy (non-hydrogen) atoms. The number of aliphatic hydroxyl groups is 1. The van der Waals surface area contributed by atoms with E-state index in [1.54, 1.807) is 0 Å². The summed E-state index contributed by atoms with van der Waals surface area (Å²) in [5, 5.41) is 9.66. The zero-order valence-corrected chi connectivity index (χ0v) is 7.95. The van der Waals surface area contributed by atoms with E-state index in [0.717, 1.165) is 25.7 Å². The summed E-state index contributed by atoms with van der Waals surface area (Å²) in [4.78, 5) is 11.1. The number of fused-ring (bicyclic) bond motifs is 1. The van der Waals surface area contributed by atoms with E-state index in [-0.39, 0.29) is 17.5 Å². The molecule has 2 aliphatic rings. The molecular formula is C10H16O3. The highest BCUT2D eigenvalue weighted by atomic mass is 16.6. The molecule has 3 nitrogen and oxygen atoms in total. The van der Waals surface area contributed by atoms with Crippen LogP contribution >= 0.6 is 0 Å². The van der Waals surface area contributed by atoms with Crippen molar-refractivity contribution in [3.63, 3.8) is 0 Å². The Bertz CT molecular complexity index is 226. The molecule has 0 radical (unpaired) electrons. The fourth-order valence-electron chi connectivity index (χ4n) is 2.71. The molecule has 0 bridgehead atoms. The van der Waals surface area contributed by atoms with Crippen LogP contribution in [0.1, 0.15) is 39.0 Å². The average Bonchev–Trinajstić information content (AvgIpc) is 2.46. The van der Waals surface area contributed by atoms with Crippen molar-refractivity contribution < 1.29 is 14.6 Å². The Morgan fingerprint density at radius 1 is 1.62 bits per heavy atom. The van der Waals surface area contributed by atoms with Gasteiger partial charge in [0, 0.05) is 11.8 Å². The van der Waals surface area contributed by atoms with Crippen molar-refractivity contribution in [2.45, 2.75) is 51.2 Å². The Kier molecular flexibility index (Phi) is 2.06. The molecule has 3 heteroatoms. The lowest BCUT2D eigenvalue weighted by Crippen LogP contribution is -2.43. The molecule has 2 rings (SSSR count). The molecule has 0 aromatic carbocycles. The maximum atomic E-state index is 11.1. The topological polar surface area (TPSA) is 46.5 Å². The van der Waals surface area contributed by atoms with Gasteiger partial charge in [0.15, 0.2) is 0 Å². The van der Waals surface area contributed by atoms with Crippen LogP contribution in [0, 0.1) is 5.41 Å². The van der Waals surface area contributed by atoms with E-state index in [4.69, 9.17) is 4.74 Å². The molecule has 74 valence electrons. The first kappa shape index (κ1) is 9.00. The van der Waals surface area contributed by atoms with Crippen molar-refractivity contribution in [2.75, 3.05) is 0 Å². The molecule has 1 saturated carbocycles. The third kappa shape index (κ3) is 1.26. The van der Waals surface area contributed by atoms with Crippen LogP contribution in [-0.2, 0) is 9.53 Å². The summed E-state index contributed by atoms with van der Waals surface area (Å²) in [6.45, 7) is 2.12. The van der Waals surface area contributed by atoms with Crippen LogP contribution in [-0.4, -0.2) is 23.3 Å². The van der Waals surface area contributed by atoms with Gasteiger partial charge in [-0.2, -0.15) is 0 Å². The molecule has 2 fully saturated rings. The summed E-state index contributed by atoms with van der Waals surface area (Å²) >= 11 is 0. The minimum atomic E-state index is -0.427. The first-order valence-electron chi connectivity index (χ1n) is 5.05. The van der Waals surface area contributed by atoms with E-state index in [0.29, 0.717) is 6.42 Å². The maximum Gasteiger partial charge on any atom is 0.306 e. The lowest BCUT2D eigenvalue weighted by molar-refractivity contribution is -0.171. The standard InChI is InChI=1S/C10H16O3/c1-2-10-5-3-7(11)9(10)13-8(12)4-6-10/h7,9,11H,2-6H2,1H3. The number of esters is 1. The first-order chi connectivity index (χ1) is 6.18. The summed E-state index contributed by atoms with van der Waals surface area (Å²) in [6.07, 6.45) is 3.56. The van der Waals surface area contributed by atoms with E-state index in [9.17, 15) is 9.90 Å². The van der Waals surface area contributed by atoms with E-state index in [1.165, 1.54) is 0 Å². The smallest absolute Gasteiger partial charge is 0.306 e. The van der Waals surface area contributed by atoms with E-state index < -0.39 is 6.10 Å². The predicted molar refractivity (Wildman–Crippen MR) is 47.1 cm³/mol. The third-order valence-electron chi connectivity index (χ3n) is 3.68. The quantitative estimate of drug-likeness (QED) is 0.624. The number of hydrogen-bond donors (Lipinski definition) is 1. The average molecular weight is 184 g/mol. The largest absolute Gasteiger partial charge is 0.459 e. The number of carbonyl (C=O) groups excluding carboxylic acids is 1. The van der Waals surface area contributed by atoms with Gasteiger partial charge in [-0.1, -0.05) is 6.92 Å². The molecule has 0 aromatic heterocycles. The molecular weight excluding hydrogens is 168 g/mol. The monoisotopic (exact) mass is 184 g/mol. The summed E-state index contributed by atoms with van der Waals surface area (Å²) in [5.74, 6) is -0.143. The molecule has 0 spiro atoms. The van der Waals surface area contributed by atoms with Gasteiger partial charge in [-0.25, -0.2) is 0 Å². The number of rotatable bonds is 1. The predicted octanol–water partition coefficient (Wildman–Crippen LogP) is 1.24. The Morgan fingerprint density at radius 3 is 3.08 bits per heavy atom. The van der Waals surface area contributed by atoms with Gasteiger partial charge >= 0.3 is 5.97 Å². The first-order valence-corrected chi connectivity index (χ1v) is 5.05. The fourth-order valence-corrected chi connectivity index (χ4v) is 2.71. The van der Waals surface area contributed by atoms with Crippen molar-refractivity contribution in [3.8, 4) is 0 Å². The summed E-state index contributed by atoms with van der Waals surface area (Å²) in [7, 11) is 0. The zero-order valence-electron chi connectivity index (χ0n) is 7.95. The molecule has 1 heterocycles. The van der Waals surface area contributed by atoms with Crippen molar-refractivity contribution in [2.24, 2.45) is 5.41 Å². The number of carbonyl (C=O) groups is 1. The Balaban J connectivity index is 2.20. The summed E-state index contributed by atoms with van der Waals surface area (Å²) < 4.78 is 5.23. The van der Waals surface area contributed by atoms with E-state index >= 15 is 0 Å². The van der Waals surface area contributed by atoms with E-state index in [1.807, 2.05) is 0 Å². The minimum Gasteiger partial charge on any atom is -0.459 e. The Labute approximate surface area is 78.1 Å². The maximum absolute atomic E-state index is 11.1. The van der Waals surface area contributed by atoms with Gasteiger partial charge < -0.3 is 9.84 Å². The Morgan fingerprint density at radius 2 is 2.38 bits per heavy atom. The molecule has 1 aliphatic carbocycles. The molecule has 3 atom stereocenters. The molecule has 0 amide bonds.